The van der Waals surface area contributed by atoms with E-state index in [2.05, 4.69) is 0 Å². The number of nitrogens with two attached hydrogens (primary N) is 1. The SMILES string of the molecule is COc1ccc(C(N)COCCCC(F)(F)F)cc1F. The summed E-state index contributed by atoms with van der Waals surface area (Å²) in [6, 6.07) is 3.66. The Morgan fingerprint density at radius 3 is 2.55 bits per heavy atom. The molecule has 1 aromatic rings. The van der Waals surface area contributed by atoms with Gasteiger partial charge in [-0.25, -0.2) is 4.39 Å². The first-order chi connectivity index (χ1) is 9.33. The number of methoxy groups -OCH3 is 1. The van der Waals surface area contributed by atoms with E-state index in [9.17, 15) is 17.6 Å². The van der Waals surface area contributed by atoms with Gasteiger partial charge in [-0.05, 0) is 24.1 Å². The Balaban J connectivity index is 2.36. The van der Waals surface area contributed by atoms with E-state index in [1.54, 1.807) is 6.07 Å². The summed E-state index contributed by atoms with van der Waals surface area (Å²) in [7, 11) is 1.35. The lowest BCUT2D eigenvalue weighted by molar-refractivity contribution is -0.137. The van der Waals surface area contributed by atoms with E-state index in [1.165, 1.54) is 19.2 Å². The molecule has 7 heteroatoms. The molecule has 1 unspecified atom stereocenters. The van der Waals surface area contributed by atoms with Gasteiger partial charge in [0.1, 0.15) is 0 Å². The van der Waals surface area contributed by atoms with Crippen molar-refractivity contribution in [3.8, 4) is 5.75 Å². The lowest BCUT2D eigenvalue weighted by atomic mass is 10.1. The Morgan fingerprint density at radius 2 is 2.00 bits per heavy atom. The topological polar surface area (TPSA) is 44.5 Å². The minimum Gasteiger partial charge on any atom is -0.494 e. The van der Waals surface area contributed by atoms with E-state index in [-0.39, 0.29) is 25.4 Å². The van der Waals surface area contributed by atoms with Crippen molar-refractivity contribution in [2.45, 2.75) is 25.1 Å². The van der Waals surface area contributed by atoms with E-state index >= 15 is 0 Å². The highest BCUT2D eigenvalue weighted by molar-refractivity contribution is 5.30. The fourth-order valence-electron chi connectivity index (χ4n) is 1.59. The third-order valence-corrected chi connectivity index (χ3v) is 2.65. The first kappa shape index (κ1) is 16.7. The molecule has 3 nitrogen and oxygen atoms in total. The zero-order chi connectivity index (χ0) is 15.2. The van der Waals surface area contributed by atoms with Gasteiger partial charge >= 0.3 is 6.18 Å². The van der Waals surface area contributed by atoms with Crippen LogP contribution in [0.1, 0.15) is 24.4 Å². The molecule has 2 N–H and O–H groups in total. The van der Waals surface area contributed by atoms with E-state index < -0.39 is 24.5 Å². The van der Waals surface area contributed by atoms with Crippen LogP contribution in [-0.2, 0) is 4.74 Å². The van der Waals surface area contributed by atoms with Crippen molar-refractivity contribution in [1.29, 1.82) is 0 Å². The van der Waals surface area contributed by atoms with Gasteiger partial charge in [0, 0.05) is 13.0 Å². The van der Waals surface area contributed by atoms with Crippen molar-refractivity contribution in [3.63, 3.8) is 0 Å². The first-order valence-electron chi connectivity index (χ1n) is 6.07. The summed E-state index contributed by atoms with van der Waals surface area (Å²) < 4.78 is 58.9. The van der Waals surface area contributed by atoms with Crippen LogP contribution in [0.2, 0.25) is 0 Å². The van der Waals surface area contributed by atoms with Crippen molar-refractivity contribution in [2.24, 2.45) is 5.73 Å². The third kappa shape index (κ3) is 5.75. The summed E-state index contributed by atoms with van der Waals surface area (Å²) >= 11 is 0. The minimum atomic E-state index is -4.18. The molecule has 0 aliphatic carbocycles. The number of hydrogen-bond acceptors (Lipinski definition) is 3. The standard InChI is InChI=1S/C13H17F4NO2/c1-19-12-4-3-9(7-10(12)14)11(18)8-20-6-2-5-13(15,16)17/h3-4,7,11H,2,5-6,8,18H2,1H3. The molecule has 20 heavy (non-hydrogen) atoms. The molecular formula is C13H17F4NO2. The third-order valence-electron chi connectivity index (χ3n) is 2.65. The maximum atomic E-state index is 13.4. The second-order valence-corrected chi connectivity index (χ2v) is 4.29. The molecule has 0 aliphatic rings. The number of halogens is 4. The Kier molecular flexibility index (Phi) is 6.22. The zero-order valence-corrected chi connectivity index (χ0v) is 11.0. The van der Waals surface area contributed by atoms with Crippen LogP contribution in [0.3, 0.4) is 0 Å². The van der Waals surface area contributed by atoms with Crippen molar-refractivity contribution in [2.75, 3.05) is 20.3 Å². The normalized spacial score (nSPS) is 13.3. The molecule has 0 bridgehead atoms. The molecule has 0 heterocycles. The molecule has 1 aromatic carbocycles. The molecule has 0 saturated carbocycles. The fourth-order valence-corrected chi connectivity index (χ4v) is 1.59. The van der Waals surface area contributed by atoms with Gasteiger partial charge in [0.2, 0.25) is 0 Å². The summed E-state index contributed by atoms with van der Waals surface area (Å²) in [6.07, 6.45) is -5.18. The van der Waals surface area contributed by atoms with Gasteiger partial charge in [-0.3, -0.25) is 0 Å². The zero-order valence-electron chi connectivity index (χ0n) is 11.0. The van der Waals surface area contributed by atoms with E-state index in [0.29, 0.717) is 5.56 Å². The molecule has 0 aliphatic heterocycles. The molecule has 114 valence electrons. The van der Waals surface area contributed by atoms with Crippen LogP contribution in [0.5, 0.6) is 5.75 Å². The monoisotopic (exact) mass is 295 g/mol. The molecule has 0 radical (unpaired) electrons. The fraction of sp³-hybridized carbons (Fsp3) is 0.538. The quantitative estimate of drug-likeness (QED) is 0.620. The second kappa shape index (κ2) is 7.44. The van der Waals surface area contributed by atoms with Gasteiger partial charge in [0.25, 0.3) is 0 Å². The van der Waals surface area contributed by atoms with Gasteiger partial charge in [-0.1, -0.05) is 6.07 Å². The lowest BCUT2D eigenvalue weighted by Gasteiger charge is -2.14. The predicted octanol–water partition coefficient (Wildman–Crippen LogP) is 3.19. The number of benzene rings is 1. The van der Waals surface area contributed by atoms with Crippen LogP contribution < -0.4 is 10.5 Å². The molecular weight excluding hydrogens is 278 g/mol. The predicted molar refractivity (Wildman–Crippen MR) is 66.0 cm³/mol. The highest BCUT2D eigenvalue weighted by atomic mass is 19.4. The largest absolute Gasteiger partial charge is 0.494 e. The van der Waals surface area contributed by atoms with Crippen LogP contribution in [0.4, 0.5) is 17.6 Å². The molecule has 0 fully saturated rings. The average molecular weight is 295 g/mol. The molecule has 1 atom stereocenters. The van der Waals surface area contributed by atoms with Crippen molar-refractivity contribution >= 4 is 0 Å². The maximum Gasteiger partial charge on any atom is 0.389 e. The summed E-state index contributed by atoms with van der Waals surface area (Å²) in [5, 5.41) is 0. The van der Waals surface area contributed by atoms with Crippen LogP contribution in [0, 0.1) is 5.82 Å². The summed E-state index contributed by atoms with van der Waals surface area (Å²) in [5.41, 5.74) is 6.27. The second-order valence-electron chi connectivity index (χ2n) is 4.29. The van der Waals surface area contributed by atoms with Gasteiger partial charge in [-0.15, -0.1) is 0 Å². The van der Waals surface area contributed by atoms with E-state index in [4.69, 9.17) is 15.2 Å². The highest BCUT2D eigenvalue weighted by Gasteiger charge is 2.25. The molecule has 1 rings (SSSR count). The van der Waals surface area contributed by atoms with Gasteiger partial charge in [0.15, 0.2) is 11.6 Å². The highest BCUT2D eigenvalue weighted by Crippen LogP contribution is 2.22. The smallest absolute Gasteiger partial charge is 0.389 e. The van der Waals surface area contributed by atoms with Gasteiger partial charge < -0.3 is 15.2 Å². The Hall–Kier alpha value is -1.34. The van der Waals surface area contributed by atoms with Gasteiger partial charge in [-0.2, -0.15) is 13.2 Å². The van der Waals surface area contributed by atoms with Crippen LogP contribution in [0.15, 0.2) is 18.2 Å². The Labute approximate surface area is 114 Å². The maximum absolute atomic E-state index is 13.4. The van der Waals surface area contributed by atoms with Crippen molar-refractivity contribution in [1.82, 2.24) is 0 Å². The van der Waals surface area contributed by atoms with E-state index in [1.807, 2.05) is 0 Å². The molecule has 0 saturated heterocycles. The summed E-state index contributed by atoms with van der Waals surface area (Å²) in [6.45, 7) is -0.00449. The molecule has 0 amide bonds. The Bertz CT molecular complexity index is 423. The van der Waals surface area contributed by atoms with Crippen LogP contribution in [-0.4, -0.2) is 26.5 Å². The molecule has 0 spiro atoms. The number of hydrogen-bond donors (Lipinski definition) is 1. The van der Waals surface area contributed by atoms with Crippen LogP contribution >= 0.6 is 0 Å². The lowest BCUT2D eigenvalue weighted by Crippen LogP contribution is -2.18. The van der Waals surface area contributed by atoms with E-state index in [0.717, 1.165) is 0 Å². The van der Waals surface area contributed by atoms with Gasteiger partial charge in [0.05, 0.1) is 19.8 Å². The number of rotatable bonds is 7. The summed E-state index contributed by atoms with van der Waals surface area (Å²) in [4.78, 5) is 0. The number of alkyl halides is 3. The Morgan fingerprint density at radius 1 is 1.30 bits per heavy atom. The minimum absolute atomic E-state index is 0.0314. The number of ether oxygens (including phenoxy) is 2. The summed E-state index contributed by atoms with van der Waals surface area (Å²) in [5.74, 6) is -0.440. The average Bonchev–Trinajstić information content (AvgIpc) is 2.36. The first-order valence-corrected chi connectivity index (χ1v) is 6.07. The van der Waals surface area contributed by atoms with Crippen molar-refractivity contribution < 1.29 is 27.0 Å². The molecule has 0 aromatic heterocycles. The van der Waals surface area contributed by atoms with Crippen molar-refractivity contribution in [3.05, 3.63) is 29.6 Å². The van der Waals surface area contributed by atoms with Crippen LogP contribution in [0.25, 0.3) is 0 Å².